The van der Waals surface area contributed by atoms with Crippen molar-refractivity contribution >= 4 is 29.0 Å². The predicted molar refractivity (Wildman–Crippen MR) is 119 cm³/mol. The summed E-state index contributed by atoms with van der Waals surface area (Å²) in [5, 5.41) is 22.8. The number of nitro groups is 1. The number of carbonyl (C=O) groups excluding carboxylic acids is 1. The third kappa shape index (κ3) is 4.81. The Morgan fingerprint density at radius 2 is 1.78 bits per heavy atom. The highest BCUT2D eigenvalue weighted by atomic mass is 32.2. The molecule has 0 spiro atoms. The summed E-state index contributed by atoms with van der Waals surface area (Å²) in [6.07, 6.45) is 0. The summed E-state index contributed by atoms with van der Waals surface area (Å²) in [4.78, 5) is 23.1. The van der Waals surface area contributed by atoms with Gasteiger partial charge >= 0.3 is 0 Å². The van der Waals surface area contributed by atoms with E-state index in [1.807, 2.05) is 30.3 Å². The van der Waals surface area contributed by atoms with E-state index in [1.54, 1.807) is 16.7 Å². The lowest BCUT2D eigenvalue weighted by molar-refractivity contribution is -0.384. The van der Waals surface area contributed by atoms with Gasteiger partial charge < -0.3 is 5.32 Å². The van der Waals surface area contributed by atoms with Crippen LogP contribution in [0.15, 0.2) is 84.0 Å². The number of anilines is 1. The van der Waals surface area contributed by atoms with E-state index in [-0.39, 0.29) is 23.2 Å². The van der Waals surface area contributed by atoms with Crippen molar-refractivity contribution in [3.8, 4) is 17.1 Å². The molecule has 10 heteroatoms. The Labute approximate surface area is 186 Å². The molecule has 0 atom stereocenters. The van der Waals surface area contributed by atoms with Gasteiger partial charge in [0.1, 0.15) is 5.82 Å². The van der Waals surface area contributed by atoms with Crippen LogP contribution in [0.25, 0.3) is 17.1 Å². The second-order valence-corrected chi connectivity index (χ2v) is 7.57. The maximum atomic E-state index is 13.0. The smallest absolute Gasteiger partial charge is 0.270 e. The summed E-state index contributed by atoms with van der Waals surface area (Å²) in [7, 11) is 0. The Bertz CT molecular complexity index is 1260. The van der Waals surface area contributed by atoms with Crippen LogP contribution in [0.3, 0.4) is 0 Å². The van der Waals surface area contributed by atoms with Gasteiger partial charge in [0.25, 0.3) is 5.69 Å². The van der Waals surface area contributed by atoms with E-state index in [4.69, 9.17) is 0 Å². The van der Waals surface area contributed by atoms with Gasteiger partial charge in [0.2, 0.25) is 5.91 Å². The van der Waals surface area contributed by atoms with Crippen molar-refractivity contribution < 1.29 is 14.1 Å². The third-order valence-corrected chi connectivity index (χ3v) is 5.35. The van der Waals surface area contributed by atoms with Crippen molar-refractivity contribution in [3.05, 3.63) is 94.8 Å². The topological polar surface area (TPSA) is 103 Å². The molecular weight excluding hydrogens is 433 g/mol. The maximum Gasteiger partial charge on any atom is 0.270 e. The Hall–Kier alpha value is -4.05. The van der Waals surface area contributed by atoms with Crippen LogP contribution in [0.1, 0.15) is 0 Å². The van der Waals surface area contributed by atoms with Crippen LogP contribution in [-0.4, -0.2) is 31.3 Å². The number of hydrogen-bond acceptors (Lipinski definition) is 6. The van der Waals surface area contributed by atoms with E-state index < -0.39 is 4.92 Å². The Balaban J connectivity index is 1.61. The number of thioether (sulfide) groups is 1. The Morgan fingerprint density at radius 3 is 2.50 bits per heavy atom. The lowest BCUT2D eigenvalue weighted by Gasteiger charge is -2.10. The van der Waals surface area contributed by atoms with Crippen LogP contribution in [-0.2, 0) is 4.79 Å². The molecule has 8 nitrogen and oxygen atoms in total. The summed E-state index contributed by atoms with van der Waals surface area (Å²) in [5.74, 6) is -0.221. The van der Waals surface area contributed by atoms with E-state index in [1.165, 1.54) is 48.2 Å². The van der Waals surface area contributed by atoms with Gasteiger partial charge in [-0.25, -0.2) is 4.39 Å². The minimum absolute atomic E-state index is 0.0390. The largest absolute Gasteiger partial charge is 0.325 e. The van der Waals surface area contributed by atoms with Crippen LogP contribution < -0.4 is 5.32 Å². The van der Waals surface area contributed by atoms with Gasteiger partial charge in [0, 0.05) is 29.1 Å². The first-order valence-electron chi connectivity index (χ1n) is 9.45. The molecule has 1 heterocycles. The first-order valence-corrected chi connectivity index (χ1v) is 10.4. The third-order valence-electron chi connectivity index (χ3n) is 4.42. The molecule has 160 valence electrons. The highest BCUT2D eigenvalue weighted by Crippen LogP contribution is 2.29. The number of non-ortho nitro benzene ring substituents is 1. The molecule has 0 saturated heterocycles. The first kappa shape index (κ1) is 21.2. The number of amides is 1. The lowest BCUT2D eigenvalue weighted by Crippen LogP contribution is -2.14. The molecule has 0 aliphatic rings. The van der Waals surface area contributed by atoms with E-state index in [0.29, 0.717) is 22.2 Å². The van der Waals surface area contributed by atoms with Crippen LogP contribution in [0.4, 0.5) is 15.8 Å². The number of nitrogens with one attached hydrogen (secondary N) is 1. The van der Waals surface area contributed by atoms with Crippen LogP contribution in [0, 0.1) is 15.9 Å². The minimum atomic E-state index is -0.470. The van der Waals surface area contributed by atoms with Crippen LogP contribution >= 0.6 is 11.8 Å². The van der Waals surface area contributed by atoms with Crippen molar-refractivity contribution in [1.82, 2.24) is 14.8 Å². The minimum Gasteiger partial charge on any atom is -0.325 e. The van der Waals surface area contributed by atoms with Gasteiger partial charge in [-0.15, -0.1) is 10.2 Å². The highest BCUT2D eigenvalue weighted by Gasteiger charge is 2.19. The standard InChI is InChI=1S/C22H16FN5O3S/c23-16-9-11-17(12-10-16)24-20(29)14-32-22-26-25-21(27(22)18-6-2-1-3-7-18)15-5-4-8-19(13-15)28(30)31/h1-13H,14H2,(H,24,29). The van der Waals surface area contributed by atoms with Gasteiger partial charge in [-0.3, -0.25) is 19.5 Å². The Kier molecular flexibility index (Phi) is 6.22. The number of carbonyl (C=O) groups is 1. The lowest BCUT2D eigenvalue weighted by atomic mass is 10.2. The molecular formula is C22H16FN5O3S. The number of nitro benzene ring substituents is 1. The molecule has 4 rings (SSSR count). The van der Waals surface area contributed by atoms with E-state index >= 15 is 0 Å². The SMILES string of the molecule is O=C(CSc1nnc(-c2cccc([N+](=O)[O-])c2)n1-c1ccccc1)Nc1ccc(F)cc1. The van der Waals surface area contributed by atoms with Gasteiger partial charge in [0.15, 0.2) is 11.0 Å². The molecule has 1 aromatic heterocycles. The normalized spacial score (nSPS) is 10.7. The van der Waals surface area contributed by atoms with E-state index in [9.17, 15) is 19.3 Å². The van der Waals surface area contributed by atoms with Crippen LogP contribution in [0.2, 0.25) is 0 Å². The summed E-state index contributed by atoms with van der Waals surface area (Å²) < 4.78 is 14.8. The fraction of sp³-hybridized carbons (Fsp3) is 0.0455. The van der Waals surface area contributed by atoms with Gasteiger partial charge in [-0.2, -0.15) is 0 Å². The Morgan fingerprint density at radius 1 is 1.03 bits per heavy atom. The highest BCUT2D eigenvalue weighted by molar-refractivity contribution is 7.99. The average molecular weight is 449 g/mol. The van der Waals surface area contributed by atoms with Crippen molar-refractivity contribution in [1.29, 1.82) is 0 Å². The molecule has 32 heavy (non-hydrogen) atoms. The summed E-state index contributed by atoms with van der Waals surface area (Å²) in [6.45, 7) is 0. The molecule has 0 fully saturated rings. The molecule has 0 bridgehead atoms. The number of rotatable bonds is 7. The number of para-hydroxylation sites is 1. The van der Waals surface area contributed by atoms with Crippen molar-refractivity contribution in [2.75, 3.05) is 11.1 Å². The molecule has 0 unspecified atom stereocenters. The van der Waals surface area contributed by atoms with Crippen molar-refractivity contribution in [2.24, 2.45) is 0 Å². The average Bonchev–Trinajstić information content (AvgIpc) is 3.24. The number of benzene rings is 3. The fourth-order valence-corrected chi connectivity index (χ4v) is 3.73. The summed E-state index contributed by atoms with van der Waals surface area (Å²) >= 11 is 1.17. The molecule has 0 aliphatic carbocycles. The molecule has 0 aliphatic heterocycles. The molecule has 1 amide bonds. The number of aromatic nitrogens is 3. The molecule has 4 aromatic rings. The van der Waals surface area contributed by atoms with Gasteiger partial charge in [-0.1, -0.05) is 42.1 Å². The zero-order valence-corrected chi connectivity index (χ0v) is 17.3. The zero-order chi connectivity index (χ0) is 22.5. The summed E-state index contributed by atoms with van der Waals surface area (Å²) in [6, 6.07) is 20.9. The van der Waals surface area contributed by atoms with E-state index in [2.05, 4.69) is 15.5 Å². The first-order chi connectivity index (χ1) is 15.5. The van der Waals surface area contributed by atoms with Crippen molar-refractivity contribution in [2.45, 2.75) is 5.16 Å². The second-order valence-electron chi connectivity index (χ2n) is 6.63. The maximum absolute atomic E-state index is 13.0. The monoisotopic (exact) mass is 449 g/mol. The molecule has 1 N–H and O–H groups in total. The number of hydrogen-bond donors (Lipinski definition) is 1. The predicted octanol–water partition coefficient (Wildman–Crippen LogP) is 4.71. The summed E-state index contributed by atoms with van der Waals surface area (Å²) in [5.41, 5.74) is 1.70. The van der Waals surface area contributed by atoms with Crippen molar-refractivity contribution in [3.63, 3.8) is 0 Å². The van der Waals surface area contributed by atoms with Gasteiger partial charge in [-0.05, 0) is 36.4 Å². The zero-order valence-electron chi connectivity index (χ0n) is 16.5. The van der Waals surface area contributed by atoms with Crippen LogP contribution in [0.5, 0.6) is 0 Å². The number of nitrogens with zero attached hydrogens (tertiary/aromatic N) is 4. The second kappa shape index (κ2) is 9.40. The number of halogens is 1. The van der Waals surface area contributed by atoms with Gasteiger partial charge in [0.05, 0.1) is 10.7 Å². The molecule has 3 aromatic carbocycles. The molecule has 0 radical (unpaired) electrons. The quantitative estimate of drug-likeness (QED) is 0.249. The molecule has 0 saturated carbocycles. The van der Waals surface area contributed by atoms with E-state index in [0.717, 1.165) is 5.69 Å². The fourth-order valence-electron chi connectivity index (χ4n) is 2.98.